The summed E-state index contributed by atoms with van der Waals surface area (Å²) < 4.78 is 32.8. The van der Waals surface area contributed by atoms with Gasteiger partial charge in [0, 0.05) is 0 Å². The molecule has 2 aromatic rings. The van der Waals surface area contributed by atoms with Gasteiger partial charge in [0.2, 0.25) is 5.82 Å². The fraction of sp³-hybridized carbons (Fsp3) is 0.312. The molecule has 22 heavy (non-hydrogen) atoms. The van der Waals surface area contributed by atoms with Crippen LogP contribution in [0.15, 0.2) is 24.3 Å². The van der Waals surface area contributed by atoms with Crippen molar-refractivity contribution in [1.29, 1.82) is 0 Å². The van der Waals surface area contributed by atoms with E-state index in [1.807, 2.05) is 6.92 Å². The fourth-order valence-corrected chi connectivity index (χ4v) is 2.13. The Hall–Kier alpha value is -2.21. The Morgan fingerprint density at radius 1 is 1.23 bits per heavy atom. The molecule has 0 bridgehead atoms. The number of hydrogen-bond acceptors (Lipinski definition) is 4. The minimum Gasteiger partial charge on any atom is -0.484 e. The highest BCUT2D eigenvalue weighted by atomic mass is 19.2. The number of aryl methyl sites for hydroxylation is 1. The molecule has 2 rings (SSSR count). The van der Waals surface area contributed by atoms with E-state index in [0.29, 0.717) is 30.0 Å². The number of benzene rings is 1. The number of hydrogen-bond donors (Lipinski definition) is 2. The first kappa shape index (κ1) is 16.2. The zero-order chi connectivity index (χ0) is 16.1. The number of halogens is 2. The Morgan fingerprint density at radius 3 is 2.68 bits per heavy atom. The van der Waals surface area contributed by atoms with Crippen molar-refractivity contribution in [2.24, 2.45) is 0 Å². The third kappa shape index (κ3) is 4.14. The summed E-state index contributed by atoms with van der Waals surface area (Å²) in [5.41, 5.74) is 7.82. The van der Waals surface area contributed by atoms with E-state index in [2.05, 4.69) is 10.3 Å². The highest BCUT2D eigenvalue weighted by Crippen LogP contribution is 2.23. The zero-order valence-corrected chi connectivity index (χ0v) is 12.6. The summed E-state index contributed by atoms with van der Waals surface area (Å²) in [6.07, 6.45) is 0.583. The van der Waals surface area contributed by atoms with Gasteiger partial charge in [-0.3, -0.25) is 0 Å². The zero-order valence-electron chi connectivity index (χ0n) is 12.6. The smallest absolute Gasteiger partial charge is 0.200 e. The Morgan fingerprint density at radius 2 is 2.00 bits per heavy atom. The summed E-state index contributed by atoms with van der Waals surface area (Å²) in [6.45, 7) is 2.57. The van der Waals surface area contributed by atoms with Gasteiger partial charge in [-0.25, -0.2) is 9.37 Å². The standard InChI is InChI=1S/C16H19F2N3O/c1-10-5-12(21-15(19)6-10)9-22-14-8-11(3-4-20-2)7-13(17)16(14)18/h5-8,20H,3-4,9H2,1-2H3,(H2,19,21). The second-order valence-corrected chi connectivity index (χ2v) is 5.09. The van der Waals surface area contributed by atoms with Gasteiger partial charge in [0.15, 0.2) is 11.6 Å². The molecular weight excluding hydrogens is 288 g/mol. The van der Waals surface area contributed by atoms with Crippen LogP contribution in [-0.4, -0.2) is 18.6 Å². The average Bonchev–Trinajstić information content (AvgIpc) is 2.46. The second-order valence-electron chi connectivity index (χ2n) is 5.09. The molecule has 0 radical (unpaired) electrons. The molecule has 6 heteroatoms. The van der Waals surface area contributed by atoms with Gasteiger partial charge < -0.3 is 15.8 Å². The summed E-state index contributed by atoms with van der Waals surface area (Å²) in [4.78, 5) is 4.10. The van der Waals surface area contributed by atoms with Gasteiger partial charge in [-0.05, 0) is 62.3 Å². The minimum absolute atomic E-state index is 0.0255. The van der Waals surface area contributed by atoms with Crippen LogP contribution in [0.25, 0.3) is 0 Å². The summed E-state index contributed by atoms with van der Waals surface area (Å²) in [5.74, 6) is -1.66. The maximum absolute atomic E-state index is 13.8. The van der Waals surface area contributed by atoms with E-state index in [1.54, 1.807) is 19.2 Å². The molecule has 3 N–H and O–H groups in total. The van der Waals surface area contributed by atoms with Crippen LogP contribution in [0, 0.1) is 18.6 Å². The molecule has 1 aromatic carbocycles. The molecule has 0 aliphatic heterocycles. The van der Waals surface area contributed by atoms with E-state index in [4.69, 9.17) is 10.5 Å². The molecule has 0 amide bonds. The largest absolute Gasteiger partial charge is 0.484 e. The number of ether oxygens (including phenoxy) is 1. The maximum Gasteiger partial charge on any atom is 0.200 e. The first-order valence-electron chi connectivity index (χ1n) is 6.98. The van der Waals surface area contributed by atoms with Gasteiger partial charge in [-0.15, -0.1) is 0 Å². The molecule has 1 aromatic heterocycles. The monoisotopic (exact) mass is 307 g/mol. The predicted molar refractivity (Wildman–Crippen MR) is 81.7 cm³/mol. The van der Waals surface area contributed by atoms with Crippen LogP contribution in [-0.2, 0) is 13.0 Å². The van der Waals surface area contributed by atoms with E-state index < -0.39 is 11.6 Å². The number of nitrogen functional groups attached to an aromatic ring is 1. The molecule has 0 spiro atoms. The average molecular weight is 307 g/mol. The second kappa shape index (κ2) is 7.17. The lowest BCUT2D eigenvalue weighted by Gasteiger charge is -2.11. The number of likely N-dealkylation sites (N-methyl/N-ethyl adjacent to an activating group) is 1. The van der Waals surface area contributed by atoms with Crippen LogP contribution in [0.3, 0.4) is 0 Å². The van der Waals surface area contributed by atoms with Crippen LogP contribution in [0.2, 0.25) is 0 Å². The third-order valence-corrected chi connectivity index (χ3v) is 3.14. The van der Waals surface area contributed by atoms with Gasteiger partial charge in [-0.1, -0.05) is 0 Å². The minimum atomic E-state index is -0.992. The number of rotatable bonds is 6. The predicted octanol–water partition coefficient (Wildman–Crippen LogP) is 2.59. The van der Waals surface area contributed by atoms with Crippen molar-refractivity contribution in [3.05, 3.63) is 52.7 Å². The molecule has 1 heterocycles. The Bertz CT molecular complexity index is 642. The fourth-order valence-electron chi connectivity index (χ4n) is 2.13. The van der Waals surface area contributed by atoms with Crippen molar-refractivity contribution in [3.8, 4) is 5.75 Å². The number of pyridine rings is 1. The molecule has 0 saturated carbocycles. The van der Waals surface area contributed by atoms with Crippen LogP contribution in [0.4, 0.5) is 14.6 Å². The number of nitrogens with two attached hydrogens (primary N) is 1. The number of nitrogens with one attached hydrogen (secondary N) is 1. The third-order valence-electron chi connectivity index (χ3n) is 3.14. The summed E-state index contributed by atoms with van der Waals surface area (Å²) in [6, 6.07) is 6.20. The molecule has 0 aliphatic rings. The van der Waals surface area contributed by atoms with E-state index in [1.165, 1.54) is 12.1 Å². The Labute approximate surface area is 128 Å². The van der Waals surface area contributed by atoms with Crippen LogP contribution in [0.1, 0.15) is 16.8 Å². The lowest BCUT2D eigenvalue weighted by molar-refractivity contribution is 0.280. The van der Waals surface area contributed by atoms with Crippen molar-refractivity contribution in [2.75, 3.05) is 19.3 Å². The molecule has 4 nitrogen and oxygen atoms in total. The highest BCUT2D eigenvalue weighted by Gasteiger charge is 2.12. The van der Waals surface area contributed by atoms with E-state index >= 15 is 0 Å². The quantitative estimate of drug-likeness (QED) is 0.861. The van der Waals surface area contributed by atoms with Crippen molar-refractivity contribution in [2.45, 2.75) is 20.0 Å². The molecular formula is C16H19F2N3O. The lowest BCUT2D eigenvalue weighted by atomic mass is 10.1. The summed E-state index contributed by atoms with van der Waals surface area (Å²) in [7, 11) is 1.80. The van der Waals surface area contributed by atoms with Crippen molar-refractivity contribution in [3.63, 3.8) is 0 Å². The number of aromatic nitrogens is 1. The van der Waals surface area contributed by atoms with E-state index in [9.17, 15) is 8.78 Å². The first-order valence-corrected chi connectivity index (χ1v) is 6.98. The van der Waals surface area contributed by atoms with Gasteiger partial charge in [0.1, 0.15) is 12.4 Å². The van der Waals surface area contributed by atoms with Crippen LogP contribution < -0.4 is 15.8 Å². The van der Waals surface area contributed by atoms with Crippen molar-refractivity contribution < 1.29 is 13.5 Å². The SMILES string of the molecule is CNCCc1cc(F)c(F)c(OCc2cc(C)cc(N)n2)c1. The topological polar surface area (TPSA) is 60.2 Å². The maximum atomic E-state index is 13.8. The van der Waals surface area contributed by atoms with Gasteiger partial charge in [0.25, 0.3) is 0 Å². The van der Waals surface area contributed by atoms with Crippen molar-refractivity contribution in [1.82, 2.24) is 10.3 Å². The highest BCUT2D eigenvalue weighted by molar-refractivity contribution is 5.35. The summed E-state index contributed by atoms with van der Waals surface area (Å²) >= 11 is 0. The normalized spacial score (nSPS) is 10.7. The Kier molecular flexibility index (Phi) is 5.27. The number of nitrogens with zero attached hydrogens (tertiary/aromatic N) is 1. The van der Waals surface area contributed by atoms with Crippen LogP contribution >= 0.6 is 0 Å². The molecule has 118 valence electrons. The molecule has 0 atom stereocenters. The number of anilines is 1. The summed E-state index contributed by atoms with van der Waals surface area (Å²) in [5, 5.41) is 2.96. The molecule has 0 saturated heterocycles. The van der Waals surface area contributed by atoms with E-state index in [-0.39, 0.29) is 12.4 Å². The lowest BCUT2D eigenvalue weighted by Crippen LogP contribution is -2.11. The molecule has 0 unspecified atom stereocenters. The van der Waals surface area contributed by atoms with Gasteiger partial charge >= 0.3 is 0 Å². The first-order chi connectivity index (χ1) is 10.5. The van der Waals surface area contributed by atoms with E-state index in [0.717, 1.165) is 5.56 Å². The Balaban J connectivity index is 2.15. The molecule has 0 fully saturated rings. The van der Waals surface area contributed by atoms with Gasteiger partial charge in [-0.2, -0.15) is 4.39 Å². The molecule has 0 aliphatic carbocycles. The van der Waals surface area contributed by atoms with Crippen LogP contribution in [0.5, 0.6) is 5.75 Å². The van der Waals surface area contributed by atoms with Gasteiger partial charge in [0.05, 0.1) is 5.69 Å². The van der Waals surface area contributed by atoms with Crippen molar-refractivity contribution >= 4 is 5.82 Å².